The third kappa shape index (κ3) is 6.29. The molecule has 20 heavy (non-hydrogen) atoms. The lowest BCUT2D eigenvalue weighted by molar-refractivity contribution is -0.135. The molecule has 7 heteroatoms. The summed E-state index contributed by atoms with van der Waals surface area (Å²) in [5, 5.41) is 12.5. The molecule has 0 fully saturated rings. The van der Waals surface area contributed by atoms with Gasteiger partial charge < -0.3 is 10.4 Å². The van der Waals surface area contributed by atoms with Crippen LogP contribution in [0.1, 0.15) is 30.9 Å². The van der Waals surface area contributed by atoms with Crippen LogP contribution in [-0.2, 0) is 0 Å². The van der Waals surface area contributed by atoms with Crippen LogP contribution in [0.3, 0.4) is 0 Å². The fourth-order valence-electron chi connectivity index (χ4n) is 1.65. The molecule has 0 aliphatic heterocycles. The van der Waals surface area contributed by atoms with Crippen molar-refractivity contribution in [2.45, 2.75) is 31.5 Å². The molecular formula is C13H16F5NO. The van der Waals surface area contributed by atoms with Crippen LogP contribution in [0, 0.1) is 11.6 Å². The first kappa shape index (κ1) is 16.8. The quantitative estimate of drug-likeness (QED) is 0.598. The first-order valence-electron chi connectivity index (χ1n) is 6.20. The summed E-state index contributed by atoms with van der Waals surface area (Å²) in [6.07, 6.45) is -5.68. The largest absolute Gasteiger partial charge is 0.389 e. The smallest absolute Gasteiger partial charge is 0.387 e. The predicted molar refractivity (Wildman–Crippen MR) is 64.1 cm³/mol. The monoisotopic (exact) mass is 297 g/mol. The fraction of sp³-hybridized carbons (Fsp3) is 0.538. The highest BCUT2D eigenvalue weighted by atomic mass is 19.4. The lowest BCUT2D eigenvalue weighted by Crippen LogP contribution is -2.23. The summed E-state index contributed by atoms with van der Waals surface area (Å²) in [6.45, 7) is 0.383. The molecule has 0 saturated carbocycles. The van der Waals surface area contributed by atoms with Crippen LogP contribution in [-0.4, -0.2) is 24.4 Å². The second kappa shape index (κ2) is 7.54. The van der Waals surface area contributed by atoms with E-state index in [9.17, 15) is 27.1 Å². The summed E-state index contributed by atoms with van der Waals surface area (Å²) < 4.78 is 61.2. The van der Waals surface area contributed by atoms with E-state index in [-0.39, 0.29) is 18.5 Å². The van der Waals surface area contributed by atoms with Crippen molar-refractivity contribution in [3.8, 4) is 0 Å². The Labute approximate surface area is 113 Å². The number of aliphatic hydroxyl groups is 1. The first-order chi connectivity index (χ1) is 9.29. The highest BCUT2D eigenvalue weighted by Gasteiger charge is 2.25. The van der Waals surface area contributed by atoms with Crippen molar-refractivity contribution in [3.63, 3.8) is 0 Å². The summed E-state index contributed by atoms with van der Waals surface area (Å²) in [4.78, 5) is 0. The lowest BCUT2D eigenvalue weighted by atomic mass is 10.1. The van der Waals surface area contributed by atoms with Gasteiger partial charge in [-0.1, -0.05) is 6.07 Å². The Kier molecular flexibility index (Phi) is 6.35. The lowest BCUT2D eigenvalue weighted by Gasteiger charge is -2.12. The highest BCUT2D eigenvalue weighted by molar-refractivity contribution is 5.20. The summed E-state index contributed by atoms with van der Waals surface area (Å²) in [5.41, 5.74) is 0.215. The van der Waals surface area contributed by atoms with Gasteiger partial charge in [-0.05, 0) is 37.1 Å². The van der Waals surface area contributed by atoms with Gasteiger partial charge >= 0.3 is 6.18 Å². The van der Waals surface area contributed by atoms with Crippen LogP contribution in [0.4, 0.5) is 22.0 Å². The molecule has 0 heterocycles. The van der Waals surface area contributed by atoms with Gasteiger partial charge in [-0.2, -0.15) is 13.2 Å². The predicted octanol–water partition coefficient (Wildman–Crippen LogP) is 3.32. The zero-order valence-corrected chi connectivity index (χ0v) is 10.7. The highest BCUT2D eigenvalue weighted by Crippen LogP contribution is 2.22. The standard InChI is InChI=1S/C13H16F5NO/c14-10-4-3-9(7-11(10)15)12(20)8-19-6-2-1-5-13(16,17)18/h3-4,7,12,19-20H,1-2,5-6,8H2. The van der Waals surface area contributed by atoms with Crippen molar-refractivity contribution in [3.05, 3.63) is 35.4 Å². The molecular weight excluding hydrogens is 281 g/mol. The summed E-state index contributed by atoms with van der Waals surface area (Å²) >= 11 is 0. The van der Waals surface area contributed by atoms with Gasteiger partial charge in [-0.3, -0.25) is 0 Å². The number of unbranched alkanes of at least 4 members (excludes halogenated alkanes) is 1. The summed E-state index contributed by atoms with van der Waals surface area (Å²) in [6, 6.07) is 3.07. The van der Waals surface area contributed by atoms with E-state index in [1.165, 1.54) is 6.07 Å². The molecule has 1 aromatic carbocycles. The number of alkyl halides is 3. The molecule has 0 saturated heterocycles. The average Bonchev–Trinajstić information content (AvgIpc) is 2.35. The van der Waals surface area contributed by atoms with Gasteiger partial charge in [0.2, 0.25) is 0 Å². The molecule has 2 N–H and O–H groups in total. The van der Waals surface area contributed by atoms with Gasteiger partial charge in [0, 0.05) is 13.0 Å². The van der Waals surface area contributed by atoms with Crippen molar-refractivity contribution in [1.82, 2.24) is 5.32 Å². The van der Waals surface area contributed by atoms with Gasteiger partial charge in [0.1, 0.15) is 0 Å². The molecule has 1 rings (SSSR count). The first-order valence-corrected chi connectivity index (χ1v) is 6.20. The van der Waals surface area contributed by atoms with E-state index in [1.807, 2.05) is 0 Å². The van der Waals surface area contributed by atoms with Crippen molar-refractivity contribution in [1.29, 1.82) is 0 Å². The molecule has 0 aliphatic carbocycles. The van der Waals surface area contributed by atoms with Crippen molar-refractivity contribution >= 4 is 0 Å². The SMILES string of the molecule is OC(CNCCCCC(F)(F)F)c1ccc(F)c(F)c1. The topological polar surface area (TPSA) is 32.3 Å². The Morgan fingerprint density at radius 2 is 1.80 bits per heavy atom. The molecule has 0 amide bonds. The second-order valence-electron chi connectivity index (χ2n) is 4.47. The third-order valence-corrected chi connectivity index (χ3v) is 2.73. The van der Waals surface area contributed by atoms with Gasteiger partial charge in [0.05, 0.1) is 6.10 Å². The van der Waals surface area contributed by atoms with Crippen LogP contribution >= 0.6 is 0 Å². The number of halogens is 5. The van der Waals surface area contributed by atoms with E-state index in [4.69, 9.17) is 0 Å². The maximum absolute atomic E-state index is 12.9. The molecule has 1 atom stereocenters. The Hall–Kier alpha value is -1.21. The molecule has 0 spiro atoms. The second-order valence-corrected chi connectivity index (χ2v) is 4.47. The zero-order chi connectivity index (χ0) is 15.2. The molecule has 2 nitrogen and oxygen atoms in total. The van der Waals surface area contributed by atoms with Crippen LogP contribution < -0.4 is 5.32 Å². The van der Waals surface area contributed by atoms with E-state index in [1.54, 1.807) is 0 Å². The fourth-order valence-corrected chi connectivity index (χ4v) is 1.65. The minimum Gasteiger partial charge on any atom is -0.387 e. The Morgan fingerprint density at radius 1 is 1.10 bits per heavy atom. The van der Waals surface area contributed by atoms with E-state index < -0.39 is 30.3 Å². The Morgan fingerprint density at radius 3 is 2.40 bits per heavy atom. The van der Waals surface area contributed by atoms with E-state index in [0.717, 1.165) is 12.1 Å². The average molecular weight is 297 g/mol. The number of rotatable bonds is 7. The number of aliphatic hydroxyl groups excluding tert-OH is 1. The molecule has 0 bridgehead atoms. The van der Waals surface area contributed by atoms with E-state index >= 15 is 0 Å². The van der Waals surface area contributed by atoms with Crippen LogP contribution in [0.2, 0.25) is 0 Å². The van der Waals surface area contributed by atoms with Crippen LogP contribution in [0.15, 0.2) is 18.2 Å². The van der Waals surface area contributed by atoms with E-state index in [2.05, 4.69) is 5.32 Å². The maximum Gasteiger partial charge on any atom is 0.389 e. The van der Waals surface area contributed by atoms with Crippen LogP contribution in [0.25, 0.3) is 0 Å². The Bertz CT molecular complexity index is 422. The molecule has 0 aromatic heterocycles. The normalized spacial score (nSPS) is 13.5. The zero-order valence-electron chi connectivity index (χ0n) is 10.7. The molecule has 1 aromatic rings. The molecule has 0 radical (unpaired) electrons. The number of hydrogen-bond acceptors (Lipinski definition) is 2. The van der Waals surface area contributed by atoms with E-state index in [0.29, 0.717) is 13.0 Å². The third-order valence-electron chi connectivity index (χ3n) is 2.73. The Balaban J connectivity index is 2.23. The van der Waals surface area contributed by atoms with Crippen molar-refractivity contribution in [2.24, 2.45) is 0 Å². The number of nitrogens with one attached hydrogen (secondary N) is 1. The summed E-state index contributed by atoms with van der Waals surface area (Å²) in [5.74, 6) is -2.05. The van der Waals surface area contributed by atoms with Gasteiger partial charge in [-0.15, -0.1) is 0 Å². The minimum absolute atomic E-state index is 0.0117. The maximum atomic E-state index is 12.9. The number of benzene rings is 1. The molecule has 1 unspecified atom stereocenters. The molecule has 114 valence electrons. The molecule has 0 aliphatic rings. The van der Waals surface area contributed by atoms with Gasteiger partial charge in [0.15, 0.2) is 11.6 Å². The van der Waals surface area contributed by atoms with Gasteiger partial charge in [0.25, 0.3) is 0 Å². The van der Waals surface area contributed by atoms with Crippen molar-refractivity contribution in [2.75, 3.05) is 13.1 Å². The van der Waals surface area contributed by atoms with Gasteiger partial charge in [-0.25, -0.2) is 8.78 Å². The number of hydrogen-bond donors (Lipinski definition) is 2. The van der Waals surface area contributed by atoms with Crippen LogP contribution in [0.5, 0.6) is 0 Å². The summed E-state index contributed by atoms with van der Waals surface area (Å²) in [7, 11) is 0. The minimum atomic E-state index is -4.15. The van der Waals surface area contributed by atoms with Crippen molar-refractivity contribution < 1.29 is 27.1 Å².